The van der Waals surface area contributed by atoms with Crippen molar-refractivity contribution in [2.24, 2.45) is 0 Å². The first-order chi connectivity index (χ1) is 8.95. The standard InChI is InChI=1S/C13H18FNO3S/c1-10-3-4-13(12(14)9-10)19(16,17)15-7-5-11(18-2)6-8-15/h3-4,9,11H,5-8H2,1-2H3. The number of ether oxygens (including phenoxy) is 1. The SMILES string of the molecule is COC1CCN(S(=O)(=O)c2ccc(C)cc2F)CC1. The lowest BCUT2D eigenvalue weighted by Crippen LogP contribution is -2.40. The Morgan fingerprint density at radius 3 is 2.47 bits per heavy atom. The molecule has 1 aromatic carbocycles. The largest absolute Gasteiger partial charge is 0.381 e. The fourth-order valence-corrected chi connectivity index (χ4v) is 3.78. The molecule has 0 bridgehead atoms. The fourth-order valence-electron chi connectivity index (χ4n) is 2.26. The maximum Gasteiger partial charge on any atom is 0.245 e. The van der Waals surface area contributed by atoms with Crippen LogP contribution in [0.15, 0.2) is 23.1 Å². The smallest absolute Gasteiger partial charge is 0.245 e. The molecule has 0 aromatic heterocycles. The maximum absolute atomic E-state index is 13.8. The molecule has 0 N–H and O–H groups in total. The van der Waals surface area contributed by atoms with Crippen LogP contribution in [0, 0.1) is 12.7 Å². The highest BCUT2D eigenvalue weighted by atomic mass is 32.2. The van der Waals surface area contributed by atoms with Gasteiger partial charge in [-0.15, -0.1) is 0 Å². The molecule has 19 heavy (non-hydrogen) atoms. The average molecular weight is 287 g/mol. The number of halogens is 1. The third-order valence-corrected chi connectivity index (χ3v) is 5.37. The van der Waals surface area contributed by atoms with Gasteiger partial charge in [0, 0.05) is 20.2 Å². The van der Waals surface area contributed by atoms with Gasteiger partial charge in [0.25, 0.3) is 0 Å². The van der Waals surface area contributed by atoms with Gasteiger partial charge in [0.15, 0.2) is 0 Å². The number of methoxy groups -OCH3 is 1. The van der Waals surface area contributed by atoms with Crippen LogP contribution in [0.5, 0.6) is 0 Å². The molecule has 0 atom stereocenters. The second-order valence-corrected chi connectivity index (χ2v) is 6.68. The summed E-state index contributed by atoms with van der Waals surface area (Å²) >= 11 is 0. The van der Waals surface area contributed by atoms with Crippen LogP contribution in [0.4, 0.5) is 4.39 Å². The molecule has 0 amide bonds. The third-order valence-electron chi connectivity index (χ3n) is 3.44. The van der Waals surface area contributed by atoms with Crippen LogP contribution >= 0.6 is 0 Å². The second-order valence-electron chi connectivity index (χ2n) is 4.77. The van der Waals surface area contributed by atoms with Gasteiger partial charge in [0.05, 0.1) is 6.10 Å². The zero-order valence-corrected chi connectivity index (χ0v) is 11.9. The molecule has 0 radical (unpaired) electrons. The maximum atomic E-state index is 13.8. The summed E-state index contributed by atoms with van der Waals surface area (Å²) in [6.07, 6.45) is 1.38. The van der Waals surface area contributed by atoms with E-state index in [1.54, 1.807) is 20.1 Å². The van der Waals surface area contributed by atoms with Gasteiger partial charge in [-0.2, -0.15) is 4.31 Å². The average Bonchev–Trinajstić information content (AvgIpc) is 2.38. The zero-order valence-electron chi connectivity index (χ0n) is 11.1. The molecule has 0 spiro atoms. The minimum absolute atomic E-state index is 0.0920. The number of aryl methyl sites for hydroxylation is 1. The minimum Gasteiger partial charge on any atom is -0.381 e. The Kier molecular flexibility index (Phi) is 4.23. The van der Waals surface area contributed by atoms with E-state index in [1.165, 1.54) is 16.4 Å². The van der Waals surface area contributed by atoms with Crippen molar-refractivity contribution in [1.82, 2.24) is 4.31 Å². The number of sulfonamides is 1. The van der Waals surface area contributed by atoms with E-state index in [2.05, 4.69) is 0 Å². The third kappa shape index (κ3) is 2.96. The molecule has 106 valence electrons. The molecule has 1 aliphatic heterocycles. The summed E-state index contributed by atoms with van der Waals surface area (Å²) in [5.74, 6) is -0.686. The van der Waals surface area contributed by atoms with Crippen LogP contribution in [-0.2, 0) is 14.8 Å². The second kappa shape index (κ2) is 5.56. The normalized spacial score (nSPS) is 18.7. The first-order valence-corrected chi connectivity index (χ1v) is 7.68. The van der Waals surface area contributed by atoms with Gasteiger partial charge >= 0.3 is 0 Å². The molecule has 1 fully saturated rings. The molecule has 0 aliphatic carbocycles. The molecular formula is C13H18FNO3S. The van der Waals surface area contributed by atoms with E-state index < -0.39 is 15.8 Å². The Morgan fingerprint density at radius 1 is 1.32 bits per heavy atom. The lowest BCUT2D eigenvalue weighted by molar-refractivity contribution is 0.0604. The van der Waals surface area contributed by atoms with E-state index in [4.69, 9.17) is 4.74 Å². The van der Waals surface area contributed by atoms with Crippen LogP contribution in [0.3, 0.4) is 0 Å². The van der Waals surface area contributed by atoms with Gasteiger partial charge in [-0.05, 0) is 37.5 Å². The van der Waals surface area contributed by atoms with Crippen LogP contribution < -0.4 is 0 Å². The molecular weight excluding hydrogens is 269 g/mol. The van der Waals surface area contributed by atoms with Crippen LogP contribution in [0.25, 0.3) is 0 Å². The van der Waals surface area contributed by atoms with Crippen molar-refractivity contribution < 1.29 is 17.5 Å². The molecule has 1 aliphatic rings. The predicted octanol–water partition coefficient (Wildman–Crippen LogP) is 1.93. The molecule has 1 heterocycles. The summed E-state index contributed by atoms with van der Waals surface area (Å²) in [7, 11) is -2.12. The predicted molar refractivity (Wildman–Crippen MR) is 69.9 cm³/mol. The van der Waals surface area contributed by atoms with Gasteiger partial charge in [0.2, 0.25) is 10.0 Å². The van der Waals surface area contributed by atoms with Crippen molar-refractivity contribution >= 4 is 10.0 Å². The van der Waals surface area contributed by atoms with E-state index in [1.807, 2.05) is 0 Å². The van der Waals surface area contributed by atoms with Crippen LogP contribution in [-0.4, -0.2) is 39.0 Å². The topological polar surface area (TPSA) is 46.6 Å². The Morgan fingerprint density at radius 2 is 1.95 bits per heavy atom. The molecule has 2 rings (SSSR count). The van der Waals surface area contributed by atoms with Crippen molar-refractivity contribution in [3.63, 3.8) is 0 Å². The summed E-state index contributed by atoms with van der Waals surface area (Å²) < 4.78 is 45.1. The molecule has 1 aromatic rings. The first-order valence-electron chi connectivity index (χ1n) is 6.24. The van der Waals surface area contributed by atoms with Gasteiger partial charge in [-0.25, -0.2) is 12.8 Å². The molecule has 6 heteroatoms. The van der Waals surface area contributed by atoms with Gasteiger partial charge in [-0.3, -0.25) is 0 Å². The number of benzene rings is 1. The summed E-state index contributed by atoms with van der Waals surface area (Å²) in [4.78, 5) is -0.242. The fraction of sp³-hybridized carbons (Fsp3) is 0.538. The monoisotopic (exact) mass is 287 g/mol. The number of rotatable bonds is 3. The van der Waals surface area contributed by atoms with Crippen molar-refractivity contribution in [1.29, 1.82) is 0 Å². The van der Waals surface area contributed by atoms with E-state index in [9.17, 15) is 12.8 Å². The number of piperidine rings is 1. The van der Waals surface area contributed by atoms with E-state index >= 15 is 0 Å². The van der Waals surface area contributed by atoms with Crippen LogP contribution in [0.1, 0.15) is 18.4 Å². The summed E-state index contributed by atoms with van der Waals surface area (Å²) in [6.45, 7) is 2.46. The number of nitrogens with zero attached hydrogens (tertiary/aromatic N) is 1. The van der Waals surface area contributed by atoms with Crippen molar-refractivity contribution in [2.75, 3.05) is 20.2 Å². The molecule has 4 nitrogen and oxygen atoms in total. The van der Waals surface area contributed by atoms with E-state index in [-0.39, 0.29) is 11.0 Å². The molecule has 1 saturated heterocycles. The van der Waals surface area contributed by atoms with Crippen molar-refractivity contribution in [3.05, 3.63) is 29.6 Å². The lowest BCUT2D eigenvalue weighted by Gasteiger charge is -2.30. The van der Waals surface area contributed by atoms with Gasteiger partial charge < -0.3 is 4.74 Å². The highest BCUT2D eigenvalue weighted by Gasteiger charge is 2.31. The minimum atomic E-state index is -3.74. The highest BCUT2D eigenvalue weighted by Crippen LogP contribution is 2.24. The Labute approximate surface area is 113 Å². The summed E-state index contributed by atoms with van der Waals surface area (Å²) in [6, 6.07) is 4.19. The van der Waals surface area contributed by atoms with E-state index in [0.29, 0.717) is 31.5 Å². The Hall–Kier alpha value is -0.980. The number of hydrogen-bond donors (Lipinski definition) is 0. The first kappa shape index (κ1) is 14.4. The Bertz CT molecular complexity index is 551. The zero-order chi connectivity index (χ0) is 14.0. The molecule has 0 saturated carbocycles. The van der Waals surface area contributed by atoms with Gasteiger partial charge in [-0.1, -0.05) is 6.07 Å². The number of hydrogen-bond acceptors (Lipinski definition) is 3. The Balaban J connectivity index is 2.23. The van der Waals surface area contributed by atoms with Crippen molar-refractivity contribution in [2.45, 2.75) is 30.8 Å². The van der Waals surface area contributed by atoms with E-state index in [0.717, 1.165) is 0 Å². The quantitative estimate of drug-likeness (QED) is 0.853. The summed E-state index contributed by atoms with van der Waals surface area (Å²) in [5, 5.41) is 0. The van der Waals surface area contributed by atoms with Gasteiger partial charge in [0.1, 0.15) is 10.7 Å². The highest BCUT2D eigenvalue weighted by molar-refractivity contribution is 7.89. The van der Waals surface area contributed by atoms with Crippen molar-refractivity contribution in [3.8, 4) is 0 Å². The summed E-state index contributed by atoms with van der Waals surface area (Å²) in [5.41, 5.74) is 0.703. The molecule has 0 unspecified atom stereocenters. The lowest BCUT2D eigenvalue weighted by atomic mass is 10.1. The van der Waals surface area contributed by atoms with Crippen LogP contribution in [0.2, 0.25) is 0 Å².